The average molecular weight is 398 g/mol. The number of thioether (sulfide) groups is 1. The molecular formula is C20H16ClN3O2S. The molecule has 2 aromatic carbocycles. The Bertz CT molecular complexity index is 1100. The van der Waals surface area contributed by atoms with E-state index in [2.05, 4.69) is 22.1 Å². The number of aromatic amines is 1. The molecule has 0 fully saturated rings. The highest BCUT2D eigenvalue weighted by Crippen LogP contribution is 2.33. The molecule has 0 atom stereocenters. The van der Waals surface area contributed by atoms with Crippen molar-refractivity contribution >= 4 is 40.6 Å². The molecular weight excluding hydrogens is 382 g/mol. The number of hydrogen-bond donors (Lipinski definition) is 1. The van der Waals surface area contributed by atoms with Gasteiger partial charge in [0.2, 0.25) is 0 Å². The maximum absolute atomic E-state index is 10.7. The van der Waals surface area contributed by atoms with Gasteiger partial charge in [-0.25, -0.2) is 0 Å². The van der Waals surface area contributed by atoms with Crippen LogP contribution in [0.5, 0.6) is 0 Å². The van der Waals surface area contributed by atoms with Crippen molar-refractivity contribution in [2.24, 2.45) is 0 Å². The molecule has 136 valence electrons. The Morgan fingerprint density at radius 2 is 2.00 bits per heavy atom. The molecule has 0 spiro atoms. The van der Waals surface area contributed by atoms with E-state index in [-0.39, 0.29) is 0 Å². The van der Waals surface area contributed by atoms with Crippen LogP contribution in [-0.4, -0.2) is 21.5 Å². The second-order valence-electron chi connectivity index (χ2n) is 6.04. The third-order valence-corrected chi connectivity index (χ3v) is 5.44. The van der Waals surface area contributed by atoms with Crippen molar-refractivity contribution in [3.05, 3.63) is 64.2 Å². The second-order valence-corrected chi connectivity index (χ2v) is 7.41. The van der Waals surface area contributed by atoms with Gasteiger partial charge in [0, 0.05) is 27.2 Å². The van der Waals surface area contributed by atoms with E-state index in [1.165, 1.54) is 11.8 Å². The standard InChI is InChI=1S/C20H16ClN3O2S/c1-2-15-16-9-14(21)7-8-17(16)22-18(15)19-23-24-20(26-19)27-11-13-5-3-12(10-25)4-6-13/h3-10,22H,2,11H2,1H3. The maximum atomic E-state index is 10.7. The van der Waals surface area contributed by atoms with Crippen LogP contribution in [0.2, 0.25) is 5.02 Å². The summed E-state index contributed by atoms with van der Waals surface area (Å²) in [6.07, 6.45) is 1.66. The highest BCUT2D eigenvalue weighted by atomic mass is 35.5. The number of benzene rings is 2. The third kappa shape index (κ3) is 3.63. The van der Waals surface area contributed by atoms with Crippen molar-refractivity contribution < 1.29 is 9.21 Å². The monoisotopic (exact) mass is 397 g/mol. The molecule has 4 aromatic rings. The van der Waals surface area contributed by atoms with Gasteiger partial charge >= 0.3 is 0 Å². The van der Waals surface area contributed by atoms with Crippen molar-refractivity contribution in [1.29, 1.82) is 0 Å². The van der Waals surface area contributed by atoms with Crippen LogP contribution in [0.4, 0.5) is 0 Å². The smallest absolute Gasteiger partial charge is 0.277 e. The Balaban J connectivity index is 1.57. The van der Waals surface area contributed by atoms with Gasteiger partial charge in [-0.1, -0.05) is 54.6 Å². The van der Waals surface area contributed by atoms with E-state index in [1.807, 2.05) is 30.3 Å². The van der Waals surface area contributed by atoms with Crippen LogP contribution in [0.3, 0.4) is 0 Å². The molecule has 0 aliphatic carbocycles. The number of aromatic nitrogens is 3. The highest BCUT2D eigenvalue weighted by molar-refractivity contribution is 7.98. The van der Waals surface area contributed by atoms with Crippen molar-refractivity contribution in [2.75, 3.05) is 0 Å². The van der Waals surface area contributed by atoms with Crippen molar-refractivity contribution in [1.82, 2.24) is 15.2 Å². The van der Waals surface area contributed by atoms with Crippen LogP contribution >= 0.6 is 23.4 Å². The van der Waals surface area contributed by atoms with Crippen molar-refractivity contribution in [3.63, 3.8) is 0 Å². The van der Waals surface area contributed by atoms with Gasteiger partial charge in [0.25, 0.3) is 11.1 Å². The molecule has 2 heterocycles. The molecule has 5 nitrogen and oxygen atoms in total. The first-order valence-electron chi connectivity index (χ1n) is 8.49. The molecule has 2 aromatic heterocycles. The fraction of sp³-hybridized carbons (Fsp3) is 0.150. The van der Waals surface area contributed by atoms with Crippen LogP contribution in [0.15, 0.2) is 52.1 Å². The first kappa shape index (κ1) is 17.8. The van der Waals surface area contributed by atoms with E-state index in [9.17, 15) is 4.79 Å². The number of carbonyl (C=O) groups is 1. The summed E-state index contributed by atoms with van der Waals surface area (Å²) in [5, 5.41) is 10.6. The number of H-pyrrole nitrogens is 1. The number of rotatable bonds is 6. The summed E-state index contributed by atoms with van der Waals surface area (Å²) in [7, 11) is 0. The lowest BCUT2D eigenvalue weighted by molar-refractivity contribution is 0.112. The summed E-state index contributed by atoms with van der Waals surface area (Å²) in [5.74, 6) is 1.15. The fourth-order valence-corrected chi connectivity index (χ4v) is 3.87. The summed E-state index contributed by atoms with van der Waals surface area (Å²) in [5.41, 5.74) is 4.69. The summed E-state index contributed by atoms with van der Waals surface area (Å²) in [6.45, 7) is 2.09. The Morgan fingerprint density at radius 3 is 2.74 bits per heavy atom. The van der Waals surface area contributed by atoms with Crippen molar-refractivity contribution in [3.8, 4) is 11.6 Å². The van der Waals surface area contributed by atoms with E-state index >= 15 is 0 Å². The zero-order chi connectivity index (χ0) is 18.8. The van der Waals surface area contributed by atoms with E-state index in [1.54, 1.807) is 12.1 Å². The number of nitrogens with zero attached hydrogens (tertiary/aromatic N) is 2. The molecule has 1 N–H and O–H groups in total. The van der Waals surface area contributed by atoms with Gasteiger partial charge in [-0.05, 0) is 35.7 Å². The van der Waals surface area contributed by atoms with Crippen LogP contribution in [0.1, 0.15) is 28.4 Å². The fourth-order valence-electron chi connectivity index (χ4n) is 2.98. The molecule has 0 unspecified atom stereocenters. The van der Waals surface area contributed by atoms with Crippen LogP contribution in [0, 0.1) is 0 Å². The Hall–Kier alpha value is -2.57. The summed E-state index contributed by atoms with van der Waals surface area (Å²) in [6, 6.07) is 13.2. The number of aldehydes is 1. The van der Waals surface area contributed by atoms with E-state index in [4.69, 9.17) is 16.0 Å². The van der Waals surface area contributed by atoms with Gasteiger partial charge in [0.1, 0.15) is 12.0 Å². The van der Waals surface area contributed by atoms with Gasteiger partial charge in [0.05, 0.1) is 0 Å². The molecule has 4 rings (SSSR count). The van der Waals surface area contributed by atoms with Gasteiger partial charge in [-0.3, -0.25) is 4.79 Å². The predicted octanol–water partition coefficient (Wildman–Crippen LogP) is 5.54. The molecule has 0 saturated heterocycles. The van der Waals surface area contributed by atoms with Crippen LogP contribution in [-0.2, 0) is 12.2 Å². The third-order valence-electron chi connectivity index (χ3n) is 4.32. The molecule has 27 heavy (non-hydrogen) atoms. The Kier molecular flexibility index (Phi) is 5.01. The molecule has 0 aliphatic heterocycles. The molecule has 0 radical (unpaired) electrons. The zero-order valence-electron chi connectivity index (χ0n) is 14.5. The maximum Gasteiger partial charge on any atom is 0.277 e. The van der Waals surface area contributed by atoms with Crippen molar-refractivity contribution in [2.45, 2.75) is 24.3 Å². The lowest BCUT2D eigenvalue weighted by Gasteiger charge is -1.99. The summed E-state index contributed by atoms with van der Waals surface area (Å²) in [4.78, 5) is 14.1. The van der Waals surface area contributed by atoms with E-state index < -0.39 is 0 Å². The molecule has 7 heteroatoms. The van der Waals surface area contributed by atoms with Gasteiger partial charge < -0.3 is 9.40 Å². The lowest BCUT2D eigenvalue weighted by atomic mass is 10.1. The number of hydrogen-bond acceptors (Lipinski definition) is 5. The zero-order valence-corrected chi connectivity index (χ0v) is 16.1. The molecule has 0 aliphatic rings. The Labute approximate surface area is 165 Å². The van der Waals surface area contributed by atoms with Gasteiger partial charge in [-0.2, -0.15) is 0 Å². The second kappa shape index (κ2) is 7.58. The van der Waals surface area contributed by atoms with Crippen LogP contribution in [0.25, 0.3) is 22.5 Å². The first-order valence-corrected chi connectivity index (χ1v) is 9.85. The minimum atomic E-state index is 0.470. The highest BCUT2D eigenvalue weighted by Gasteiger charge is 2.17. The first-order chi connectivity index (χ1) is 13.2. The number of aryl methyl sites for hydroxylation is 1. The lowest BCUT2D eigenvalue weighted by Crippen LogP contribution is -1.84. The average Bonchev–Trinajstić information content (AvgIpc) is 3.30. The van der Waals surface area contributed by atoms with Gasteiger partial charge in [0.15, 0.2) is 0 Å². The number of fused-ring (bicyclic) bond motifs is 1. The summed E-state index contributed by atoms with van der Waals surface area (Å²) < 4.78 is 5.86. The number of nitrogens with one attached hydrogen (secondary N) is 1. The SMILES string of the molecule is CCc1c(-c2nnc(SCc3ccc(C=O)cc3)o2)[nH]c2ccc(Cl)cc12. The normalized spacial score (nSPS) is 11.2. The van der Waals surface area contributed by atoms with Crippen LogP contribution < -0.4 is 0 Å². The largest absolute Gasteiger partial charge is 0.410 e. The van der Waals surface area contributed by atoms with E-state index in [0.717, 1.165) is 40.4 Å². The Morgan fingerprint density at radius 1 is 1.19 bits per heavy atom. The molecule has 0 bridgehead atoms. The predicted molar refractivity (Wildman–Crippen MR) is 107 cm³/mol. The number of carbonyl (C=O) groups excluding carboxylic acids is 1. The molecule has 0 saturated carbocycles. The topological polar surface area (TPSA) is 71.8 Å². The minimum absolute atomic E-state index is 0.470. The number of halogens is 1. The van der Waals surface area contributed by atoms with Gasteiger partial charge in [-0.15, -0.1) is 10.2 Å². The quantitative estimate of drug-likeness (QED) is 0.341. The summed E-state index contributed by atoms with van der Waals surface area (Å²) >= 11 is 7.60. The molecule has 0 amide bonds. The van der Waals surface area contributed by atoms with E-state index in [0.29, 0.717) is 27.5 Å². The minimum Gasteiger partial charge on any atom is -0.410 e.